The average molecular weight is 968 g/mol. The highest BCUT2D eigenvalue weighted by atomic mass is 19.5. The topological polar surface area (TPSA) is 63.1 Å². The number of hydrogen-bond acceptors (Lipinski definition) is 2. The summed E-state index contributed by atoms with van der Waals surface area (Å²) in [5.74, 6) is 0. The van der Waals surface area contributed by atoms with Gasteiger partial charge in [0, 0.05) is 71.8 Å². The number of halogens is 16. The van der Waals surface area contributed by atoms with Crippen LogP contribution < -0.4 is 18.3 Å². The number of nitrogens with zero attached hydrogens (tertiary/aromatic N) is 6. The van der Waals surface area contributed by atoms with E-state index < -0.39 is 29.0 Å². The average Bonchev–Trinajstić information content (AvgIpc) is 3.25. The molecule has 7 aromatic rings. The van der Waals surface area contributed by atoms with Crippen molar-refractivity contribution in [3.63, 3.8) is 0 Å². The summed E-state index contributed by atoms with van der Waals surface area (Å²) < 4.78 is 164. The van der Waals surface area contributed by atoms with Crippen LogP contribution in [0.4, 0.5) is 69.1 Å². The van der Waals surface area contributed by atoms with E-state index in [9.17, 15) is 79.6 Å². The van der Waals surface area contributed by atoms with Gasteiger partial charge in [0.05, 0.1) is 0 Å². The van der Waals surface area contributed by atoms with Gasteiger partial charge in [-0.1, -0.05) is 48.5 Å². The maximum Gasteiger partial charge on any atom is 0.673 e. The number of pyridine rings is 4. The second kappa shape index (κ2) is 24.8. The summed E-state index contributed by atoms with van der Waals surface area (Å²) in [7, 11) is -24.0. The molecule has 0 atom stereocenters. The van der Waals surface area contributed by atoms with Gasteiger partial charge in [-0.25, -0.2) is 9.13 Å². The first-order valence-corrected chi connectivity index (χ1v) is 19.2. The van der Waals surface area contributed by atoms with Crippen LogP contribution in [0.2, 0.25) is 0 Å². The van der Waals surface area contributed by atoms with Crippen LogP contribution in [-0.2, 0) is 13.1 Å². The molecule has 7 rings (SSSR count). The first kappa shape index (κ1) is 54.7. The van der Waals surface area contributed by atoms with Crippen LogP contribution in [-0.4, -0.2) is 29.0 Å². The lowest BCUT2D eigenvalue weighted by Crippen LogP contribution is -2.36. The van der Waals surface area contributed by atoms with E-state index in [-0.39, 0.29) is 0 Å². The Balaban J connectivity index is 0.000000517. The Morgan fingerprint density at radius 2 is 0.544 bits per heavy atom. The zero-order valence-corrected chi connectivity index (χ0v) is 34.6. The summed E-state index contributed by atoms with van der Waals surface area (Å²) in [6.45, 7) is 1.54. The predicted molar refractivity (Wildman–Crippen MR) is 222 cm³/mol. The Morgan fingerprint density at radius 3 is 0.794 bits per heavy atom. The molecule has 0 spiro atoms. The van der Waals surface area contributed by atoms with Gasteiger partial charge < -0.3 is 69.1 Å². The molecule has 26 heteroatoms. The molecule has 0 unspecified atom stereocenters. The summed E-state index contributed by atoms with van der Waals surface area (Å²) >= 11 is 0. The zero-order chi connectivity index (χ0) is 50.7. The highest BCUT2D eigenvalue weighted by molar-refractivity contribution is 6.51. The maximum atomic E-state index is 9.75. The van der Waals surface area contributed by atoms with Gasteiger partial charge >= 0.3 is 29.0 Å². The fourth-order valence-electron chi connectivity index (χ4n) is 5.92. The van der Waals surface area contributed by atoms with E-state index in [1.54, 1.807) is 0 Å². The van der Waals surface area contributed by atoms with Crippen molar-refractivity contribution in [3.05, 3.63) is 193 Å². The normalized spacial score (nSPS) is 11.0. The Kier molecular flexibility index (Phi) is 19.9. The molecule has 0 aliphatic carbocycles. The number of aromatic nitrogens is 4. The van der Waals surface area contributed by atoms with Crippen LogP contribution in [0.15, 0.2) is 171 Å². The lowest BCUT2D eigenvalue weighted by Gasteiger charge is -2.06. The minimum atomic E-state index is -6.00. The van der Waals surface area contributed by atoms with Gasteiger partial charge in [0.1, 0.15) is 23.3 Å². The van der Waals surface area contributed by atoms with Gasteiger partial charge in [0.15, 0.2) is 62.7 Å². The molecule has 0 N–H and O–H groups in total. The lowest BCUT2D eigenvalue weighted by molar-refractivity contribution is -0.693. The van der Waals surface area contributed by atoms with Crippen molar-refractivity contribution >= 4 is 29.0 Å². The molecule has 0 fully saturated rings. The zero-order valence-electron chi connectivity index (χ0n) is 34.6. The smallest absolute Gasteiger partial charge is 0.418 e. The van der Waals surface area contributed by atoms with Crippen LogP contribution >= 0.6 is 0 Å². The van der Waals surface area contributed by atoms with Crippen LogP contribution in [0.25, 0.3) is 33.6 Å². The maximum absolute atomic E-state index is 9.75. The predicted octanol–water partition coefficient (Wildman–Crippen LogP) is 11.2. The van der Waals surface area contributed by atoms with Crippen molar-refractivity contribution in [2.45, 2.75) is 13.1 Å². The lowest BCUT2D eigenvalue weighted by atomic mass is 10.1. The van der Waals surface area contributed by atoms with Crippen molar-refractivity contribution in [1.82, 2.24) is 0 Å². The first-order valence-electron chi connectivity index (χ1n) is 19.2. The summed E-state index contributed by atoms with van der Waals surface area (Å²) in [5, 5.41) is 18.9. The number of para-hydroxylation sites is 2. The van der Waals surface area contributed by atoms with E-state index in [2.05, 4.69) is 119 Å². The fourth-order valence-corrected chi connectivity index (χ4v) is 5.92. The highest BCUT2D eigenvalue weighted by Gasteiger charge is 2.22. The van der Waals surface area contributed by atoms with E-state index >= 15 is 0 Å². The first-order chi connectivity index (χ1) is 31.7. The van der Waals surface area contributed by atoms with E-state index in [0.29, 0.717) is 11.1 Å². The van der Waals surface area contributed by atoms with E-state index in [1.165, 1.54) is 11.1 Å². The highest BCUT2D eigenvalue weighted by Crippen LogP contribution is 2.19. The number of hydrogen-bond donors (Lipinski definition) is 0. The molecule has 6 nitrogen and oxygen atoms in total. The van der Waals surface area contributed by atoms with Crippen LogP contribution in [0, 0.1) is 22.7 Å². The minimum absolute atomic E-state index is 0.646. The molecule has 0 radical (unpaired) electrons. The van der Waals surface area contributed by atoms with Gasteiger partial charge in [-0.3, -0.25) is 0 Å². The van der Waals surface area contributed by atoms with E-state index in [1.807, 2.05) is 82.5 Å². The molecule has 0 aliphatic rings. The van der Waals surface area contributed by atoms with Gasteiger partial charge in [0.25, 0.3) is 0 Å². The molecule has 3 aromatic carbocycles. The third kappa shape index (κ3) is 22.0. The SMILES string of the molecule is F[B-](F)(F)F.F[B-](F)(F)F.F[B-](F)(F)F.F[B-](F)(F)F.N#Cc1ccccc1-[n+]1ccc(-c2cc[n+](Cc3ccccc3C[n+]3ccc(-c4cc[n+](-c5ccccc5C#N)cc4)cc3)cc2)cc1. The number of benzene rings is 3. The molecular weight excluding hydrogens is 936 g/mol. The fraction of sp³-hybridized carbons (Fsp3) is 0.0476. The van der Waals surface area contributed by atoms with Crippen LogP contribution in [0.3, 0.4) is 0 Å². The molecule has 4 aromatic heterocycles. The van der Waals surface area contributed by atoms with Crippen LogP contribution in [0.5, 0.6) is 0 Å². The second-order valence-corrected chi connectivity index (χ2v) is 13.5. The molecule has 0 saturated heterocycles. The van der Waals surface area contributed by atoms with Gasteiger partial charge in [-0.15, -0.1) is 0 Å². The molecule has 4 heterocycles. The molecule has 68 heavy (non-hydrogen) atoms. The third-order valence-corrected chi connectivity index (χ3v) is 8.54. The summed E-state index contributed by atoms with van der Waals surface area (Å²) in [4.78, 5) is 0. The van der Waals surface area contributed by atoms with Gasteiger partial charge in [0.2, 0.25) is 11.4 Å². The van der Waals surface area contributed by atoms with Crippen molar-refractivity contribution in [2.75, 3.05) is 0 Å². The monoisotopic (exact) mass is 968 g/mol. The summed E-state index contributed by atoms with van der Waals surface area (Å²) in [6, 6.07) is 45.3. The van der Waals surface area contributed by atoms with E-state index in [4.69, 9.17) is 0 Å². The Hall–Kier alpha value is -7.62. The van der Waals surface area contributed by atoms with Crippen LogP contribution in [0.1, 0.15) is 22.3 Å². The summed E-state index contributed by atoms with van der Waals surface area (Å²) in [5.41, 5.74) is 10.1. The van der Waals surface area contributed by atoms with Gasteiger partial charge in [-0.05, 0) is 34.4 Å². The molecular formula is C42H32B4F16N6. The van der Waals surface area contributed by atoms with Gasteiger partial charge in [-0.2, -0.15) is 19.7 Å². The Labute approximate surface area is 378 Å². The molecule has 0 amide bonds. The van der Waals surface area contributed by atoms with E-state index in [0.717, 1.165) is 46.7 Å². The molecule has 0 aliphatic heterocycles. The van der Waals surface area contributed by atoms with Crippen molar-refractivity contribution in [3.8, 4) is 45.8 Å². The Bertz CT molecular complexity index is 2500. The molecule has 354 valence electrons. The molecule has 0 bridgehead atoms. The standard InChI is InChI=1S/C42H32N6.4BF4/c43-29-37-7-3-5-11-41(37)47-25-17-35(18-26-47)33-13-21-45(22-14-33)31-39-9-1-2-10-40(39)32-46-23-15-34(16-24-46)36-19-27-48(28-20-36)42-12-6-4-8-38(42)30-44;4*2-1(3,4)5/h1-28H,31-32H2;;;;/q+4;4*-1. The van der Waals surface area contributed by atoms with Crippen molar-refractivity contribution in [2.24, 2.45) is 0 Å². The number of rotatable bonds is 8. The molecule has 0 saturated carbocycles. The Morgan fingerprint density at radius 1 is 0.324 bits per heavy atom. The second-order valence-electron chi connectivity index (χ2n) is 13.5. The summed E-state index contributed by atoms with van der Waals surface area (Å²) in [6.07, 6.45) is 16.5. The minimum Gasteiger partial charge on any atom is -0.418 e. The largest absolute Gasteiger partial charge is 0.673 e. The van der Waals surface area contributed by atoms with Crippen molar-refractivity contribution < 1.29 is 87.3 Å². The number of nitriles is 2. The quantitative estimate of drug-likeness (QED) is 0.0865. The van der Waals surface area contributed by atoms with Crippen molar-refractivity contribution in [1.29, 1.82) is 10.5 Å². The third-order valence-electron chi connectivity index (χ3n) is 8.54.